The molecule has 0 aliphatic heterocycles. The summed E-state index contributed by atoms with van der Waals surface area (Å²) >= 11 is 0. The van der Waals surface area contributed by atoms with E-state index in [0.29, 0.717) is 5.82 Å². The van der Waals surface area contributed by atoms with Gasteiger partial charge in [-0.1, -0.05) is 133 Å². The molecule has 0 aliphatic rings. The van der Waals surface area contributed by atoms with Crippen LogP contribution in [0.1, 0.15) is 0 Å². The third-order valence-electron chi connectivity index (χ3n) is 10.3. The lowest BCUT2D eigenvalue weighted by atomic mass is 9.99. The van der Waals surface area contributed by atoms with Crippen LogP contribution in [0.4, 0.5) is 0 Å². The molecule has 252 valence electrons. The van der Waals surface area contributed by atoms with Crippen molar-refractivity contribution in [2.24, 2.45) is 0 Å². The summed E-state index contributed by atoms with van der Waals surface area (Å²) < 4.78 is 4.51. The van der Waals surface area contributed by atoms with Crippen LogP contribution in [0, 0.1) is 0 Å². The summed E-state index contributed by atoms with van der Waals surface area (Å²) in [6.45, 7) is 0. The first-order chi connectivity index (χ1) is 26.8. The minimum Gasteiger partial charge on any atom is -0.279 e. The van der Waals surface area contributed by atoms with E-state index in [-0.39, 0.29) is 0 Å². The highest BCUT2D eigenvalue weighted by Crippen LogP contribution is 2.37. The summed E-state index contributed by atoms with van der Waals surface area (Å²) in [5.74, 6) is 1.50. The third kappa shape index (κ3) is 4.81. The second kappa shape index (κ2) is 12.1. The fourth-order valence-corrected chi connectivity index (χ4v) is 7.77. The van der Waals surface area contributed by atoms with E-state index in [2.05, 4.69) is 142 Å². The molecule has 54 heavy (non-hydrogen) atoms. The predicted octanol–water partition coefficient (Wildman–Crippen LogP) is 11.6. The average Bonchev–Trinajstić information content (AvgIpc) is 3.80. The molecule has 0 amide bonds. The molecule has 0 aliphatic carbocycles. The number of hydrogen-bond acceptors (Lipinski definition) is 4. The number of benzene rings is 7. The molecule has 0 radical (unpaired) electrons. The molecule has 0 atom stereocenters. The molecule has 4 aromatic heterocycles. The number of nitrogens with zero attached hydrogens (tertiary/aromatic N) is 6. The van der Waals surface area contributed by atoms with Gasteiger partial charge in [0.15, 0.2) is 5.82 Å². The lowest BCUT2D eigenvalue weighted by molar-refractivity contribution is 0.979. The number of imidazole rings is 1. The number of fused-ring (bicyclic) bond motifs is 8. The van der Waals surface area contributed by atoms with Gasteiger partial charge in [-0.3, -0.25) is 8.97 Å². The Morgan fingerprint density at radius 1 is 0.333 bits per heavy atom. The largest absolute Gasteiger partial charge is 0.279 e. The highest BCUT2D eigenvalue weighted by Gasteiger charge is 2.20. The Morgan fingerprint density at radius 2 is 0.926 bits per heavy atom. The SMILES string of the molecule is c1ccc(-c2cc(-c3cccc(-c4ccc5c6ccccc6n(-c6nc7ccccc7c7nc8ccccc8n67)c5c4)c3)nc(-c3ccccc3)n2)cc1. The van der Waals surface area contributed by atoms with Gasteiger partial charge in [-0.05, 0) is 59.7 Å². The zero-order valence-electron chi connectivity index (χ0n) is 29.0. The number of aromatic nitrogens is 6. The fraction of sp³-hybridized carbons (Fsp3) is 0. The molecule has 0 bridgehead atoms. The van der Waals surface area contributed by atoms with Crippen LogP contribution in [-0.2, 0) is 0 Å². The van der Waals surface area contributed by atoms with Crippen molar-refractivity contribution in [2.75, 3.05) is 0 Å². The smallest absolute Gasteiger partial charge is 0.221 e. The Bertz CT molecular complexity index is 3160. The molecule has 0 spiro atoms. The summed E-state index contributed by atoms with van der Waals surface area (Å²) in [6, 6.07) is 63.1. The van der Waals surface area contributed by atoms with Gasteiger partial charge in [-0.15, -0.1) is 0 Å². The van der Waals surface area contributed by atoms with E-state index in [1.165, 1.54) is 5.39 Å². The standard InChI is InChI=1S/C48H30N6/c1-3-14-31(15-4-1)41-30-42(50-46(49-41)32-16-5-2-6-17-32)35-19-13-18-33(28-35)34-26-27-37-36-20-8-11-24-43(36)53(45(37)29-34)48-52-39-22-9-7-21-38(39)47-51-40-23-10-12-25-44(40)54(47)48/h1-30H. The summed E-state index contributed by atoms with van der Waals surface area (Å²) in [5, 5.41) is 3.35. The van der Waals surface area contributed by atoms with Gasteiger partial charge in [-0.25, -0.2) is 19.9 Å². The first-order valence-corrected chi connectivity index (χ1v) is 18.1. The van der Waals surface area contributed by atoms with E-state index in [1.54, 1.807) is 0 Å². The lowest BCUT2D eigenvalue weighted by Crippen LogP contribution is -2.06. The van der Waals surface area contributed by atoms with Gasteiger partial charge in [0.1, 0.15) is 5.65 Å². The van der Waals surface area contributed by atoms with Crippen LogP contribution in [0.2, 0.25) is 0 Å². The Kier molecular flexibility index (Phi) is 6.75. The van der Waals surface area contributed by atoms with Crippen molar-refractivity contribution >= 4 is 49.4 Å². The molecule has 11 rings (SSSR count). The van der Waals surface area contributed by atoms with Crippen molar-refractivity contribution in [3.63, 3.8) is 0 Å². The van der Waals surface area contributed by atoms with Gasteiger partial charge in [0.25, 0.3) is 0 Å². The molecular weight excluding hydrogens is 661 g/mol. The van der Waals surface area contributed by atoms with Gasteiger partial charge in [0, 0.05) is 32.8 Å². The monoisotopic (exact) mass is 690 g/mol. The Hall–Kier alpha value is -7.44. The van der Waals surface area contributed by atoms with E-state index in [4.69, 9.17) is 19.9 Å². The predicted molar refractivity (Wildman–Crippen MR) is 220 cm³/mol. The lowest BCUT2D eigenvalue weighted by Gasteiger charge is -2.13. The second-order valence-corrected chi connectivity index (χ2v) is 13.5. The Morgan fingerprint density at radius 3 is 1.74 bits per heavy atom. The van der Waals surface area contributed by atoms with Crippen molar-refractivity contribution in [3.05, 3.63) is 182 Å². The van der Waals surface area contributed by atoms with Crippen LogP contribution >= 0.6 is 0 Å². The van der Waals surface area contributed by atoms with Crippen LogP contribution in [-0.4, -0.2) is 28.9 Å². The van der Waals surface area contributed by atoms with Crippen molar-refractivity contribution in [2.45, 2.75) is 0 Å². The normalized spacial score (nSPS) is 11.7. The summed E-state index contributed by atoms with van der Waals surface area (Å²) in [5.41, 5.74) is 12.9. The number of hydrogen-bond donors (Lipinski definition) is 0. The average molecular weight is 691 g/mol. The first-order valence-electron chi connectivity index (χ1n) is 18.1. The molecule has 0 fully saturated rings. The van der Waals surface area contributed by atoms with Gasteiger partial charge >= 0.3 is 0 Å². The molecule has 0 N–H and O–H groups in total. The van der Waals surface area contributed by atoms with E-state index in [9.17, 15) is 0 Å². The van der Waals surface area contributed by atoms with Crippen LogP contribution in [0.5, 0.6) is 0 Å². The minimum atomic E-state index is 0.699. The van der Waals surface area contributed by atoms with Crippen LogP contribution in [0.15, 0.2) is 182 Å². The van der Waals surface area contributed by atoms with E-state index in [1.807, 2.05) is 48.5 Å². The number of para-hydroxylation sites is 4. The molecule has 6 nitrogen and oxygen atoms in total. The third-order valence-corrected chi connectivity index (χ3v) is 10.3. The van der Waals surface area contributed by atoms with Crippen molar-refractivity contribution < 1.29 is 0 Å². The highest BCUT2D eigenvalue weighted by molar-refractivity contribution is 6.10. The first kappa shape index (κ1) is 30.2. The van der Waals surface area contributed by atoms with Gasteiger partial charge in [-0.2, -0.15) is 0 Å². The molecule has 11 aromatic rings. The van der Waals surface area contributed by atoms with E-state index in [0.717, 1.165) is 89.2 Å². The highest BCUT2D eigenvalue weighted by atomic mass is 15.2. The van der Waals surface area contributed by atoms with Gasteiger partial charge in [0.05, 0.1) is 39.0 Å². The Balaban J connectivity index is 1.12. The fourth-order valence-electron chi connectivity index (χ4n) is 7.77. The summed E-state index contributed by atoms with van der Waals surface area (Å²) in [7, 11) is 0. The maximum Gasteiger partial charge on any atom is 0.221 e. The van der Waals surface area contributed by atoms with Crippen molar-refractivity contribution in [3.8, 4) is 51.0 Å². The van der Waals surface area contributed by atoms with E-state index >= 15 is 0 Å². The molecule has 4 heterocycles. The quantitative estimate of drug-likeness (QED) is 0.180. The topological polar surface area (TPSA) is 60.9 Å². The second-order valence-electron chi connectivity index (χ2n) is 13.5. The van der Waals surface area contributed by atoms with Gasteiger partial charge < -0.3 is 0 Å². The maximum atomic E-state index is 5.36. The molecule has 6 heteroatoms. The minimum absolute atomic E-state index is 0.699. The van der Waals surface area contributed by atoms with Crippen LogP contribution in [0.3, 0.4) is 0 Å². The molecule has 7 aromatic carbocycles. The molecule has 0 saturated carbocycles. The zero-order valence-corrected chi connectivity index (χ0v) is 29.0. The van der Waals surface area contributed by atoms with Crippen molar-refractivity contribution in [1.29, 1.82) is 0 Å². The molecule has 0 unspecified atom stereocenters. The van der Waals surface area contributed by atoms with Crippen LogP contribution < -0.4 is 0 Å². The molecular formula is C48H30N6. The van der Waals surface area contributed by atoms with Gasteiger partial charge in [0.2, 0.25) is 5.95 Å². The van der Waals surface area contributed by atoms with E-state index < -0.39 is 0 Å². The Labute approximate surface area is 310 Å². The number of rotatable bonds is 5. The summed E-state index contributed by atoms with van der Waals surface area (Å²) in [6.07, 6.45) is 0. The zero-order chi connectivity index (χ0) is 35.6. The van der Waals surface area contributed by atoms with Crippen LogP contribution in [0.25, 0.3) is 100 Å². The van der Waals surface area contributed by atoms with Crippen molar-refractivity contribution in [1.82, 2.24) is 28.9 Å². The molecule has 0 saturated heterocycles. The summed E-state index contributed by atoms with van der Waals surface area (Å²) in [4.78, 5) is 20.6. The maximum absolute atomic E-state index is 5.36.